The molecule has 0 saturated heterocycles. The summed E-state index contributed by atoms with van der Waals surface area (Å²) in [5, 5.41) is 3.76. The second kappa shape index (κ2) is 5.53. The zero-order valence-corrected chi connectivity index (χ0v) is 11.2. The van der Waals surface area contributed by atoms with Crippen LogP contribution in [0.2, 0.25) is 0 Å². The summed E-state index contributed by atoms with van der Waals surface area (Å²) in [6, 6.07) is 0.838. The van der Waals surface area contributed by atoms with Gasteiger partial charge in [-0.2, -0.15) is 0 Å². The molecular formula is C15H29N. The first kappa shape index (κ1) is 12.4. The van der Waals surface area contributed by atoms with E-state index < -0.39 is 0 Å². The Labute approximate surface area is 101 Å². The first-order chi connectivity index (χ1) is 7.70. The summed E-state index contributed by atoms with van der Waals surface area (Å²) in [4.78, 5) is 0. The molecule has 94 valence electrons. The van der Waals surface area contributed by atoms with Gasteiger partial charge in [-0.3, -0.25) is 0 Å². The minimum atomic E-state index is 0.802. The summed E-state index contributed by atoms with van der Waals surface area (Å²) in [5.74, 6) is 0.845. The highest BCUT2D eigenvalue weighted by Gasteiger charge is 2.37. The van der Waals surface area contributed by atoms with Crippen molar-refractivity contribution >= 4 is 0 Å². The molecule has 0 aliphatic heterocycles. The quantitative estimate of drug-likeness (QED) is 0.756. The van der Waals surface area contributed by atoms with Crippen LogP contribution < -0.4 is 5.32 Å². The Morgan fingerprint density at radius 2 is 1.69 bits per heavy atom. The molecule has 1 heteroatoms. The molecule has 2 rings (SSSR count). The van der Waals surface area contributed by atoms with Crippen molar-refractivity contribution in [3.05, 3.63) is 0 Å². The normalized spacial score (nSPS) is 25.7. The summed E-state index contributed by atoms with van der Waals surface area (Å²) in [5.41, 5.74) is 0.802. The summed E-state index contributed by atoms with van der Waals surface area (Å²) < 4.78 is 0. The lowest BCUT2D eigenvalue weighted by Gasteiger charge is -2.37. The first-order valence-corrected chi connectivity index (χ1v) is 7.44. The molecule has 16 heavy (non-hydrogen) atoms. The average molecular weight is 223 g/mol. The molecule has 2 fully saturated rings. The van der Waals surface area contributed by atoms with Crippen molar-refractivity contribution < 1.29 is 0 Å². The maximum absolute atomic E-state index is 3.76. The number of rotatable bonds is 4. The van der Waals surface area contributed by atoms with Crippen LogP contribution in [0.1, 0.15) is 71.6 Å². The van der Waals surface area contributed by atoms with Gasteiger partial charge in [0.05, 0.1) is 0 Å². The van der Waals surface area contributed by atoms with Gasteiger partial charge < -0.3 is 5.32 Å². The van der Waals surface area contributed by atoms with Crippen molar-refractivity contribution in [2.45, 2.75) is 77.7 Å². The molecule has 0 heterocycles. The number of hydrogen-bond acceptors (Lipinski definition) is 1. The predicted molar refractivity (Wildman–Crippen MR) is 70.6 cm³/mol. The highest BCUT2D eigenvalue weighted by atomic mass is 14.9. The molecule has 2 aliphatic rings. The molecule has 0 aromatic rings. The van der Waals surface area contributed by atoms with Gasteiger partial charge in [0.25, 0.3) is 0 Å². The van der Waals surface area contributed by atoms with E-state index in [0.29, 0.717) is 0 Å². The Morgan fingerprint density at radius 3 is 2.25 bits per heavy atom. The van der Waals surface area contributed by atoms with Crippen molar-refractivity contribution in [2.75, 3.05) is 6.54 Å². The molecule has 1 spiro atoms. The molecule has 2 saturated carbocycles. The molecule has 2 aliphatic carbocycles. The van der Waals surface area contributed by atoms with Crippen LogP contribution in [0, 0.1) is 11.3 Å². The topological polar surface area (TPSA) is 12.0 Å². The van der Waals surface area contributed by atoms with Gasteiger partial charge in [-0.1, -0.05) is 26.7 Å². The average Bonchev–Trinajstić information content (AvgIpc) is 2.70. The molecule has 0 atom stereocenters. The summed E-state index contributed by atoms with van der Waals surface area (Å²) in [6.07, 6.45) is 13.3. The van der Waals surface area contributed by atoms with Crippen LogP contribution in [0.25, 0.3) is 0 Å². The largest absolute Gasteiger partial charge is 0.314 e. The number of nitrogens with one attached hydrogen (secondary N) is 1. The fourth-order valence-corrected chi connectivity index (χ4v) is 3.64. The van der Waals surface area contributed by atoms with E-state index >= 15 is 0 Å². The number of hydrogen-bond donors (Lipinski definition) is 1. The summed E-state index contributed by atoms with van der Waals surface area (Å²) in [7, 11) is 0. The van der Waals surface area contributed by atoms with Crippen molar-refractivity contribution in [3.63, 3.8) is 0 Å². The van der Waals surface area contributed by atoms with Gasteiger partial charge in [0, 0.05) is 6.04 Å². The summed E-state index contributed by atoms with van der Waals surface area (Å²) in [6.45, 7) is 5.86. The van der Waals surface area contributed by atoms with Gasteiger partial charge in [0.2, 0.25) is 0 Å². The Bertz CT molecular complexity index is 193. The van der Waals surface area contributed by atoms with Crippen LogP contribution in [-0.2, 0) is 0 Å². The van der Waals surface area contributed by atoms with Crippen LogP contribution in [0.3, 0.4) is 0 Å². The van der Waals surface area contributed by atoms with Crippen LogP contribution in [0.5, 0.6) is 0 Å². The van der Waals surface area contributed by atoms with E-state index in [9.17, 15) is 0 Å². The maximum Gasteiger partial charge on any atom is 0.00674 e. The highest BCUT2D eigenvalue weighted by molar-refractivity contribution is 4.91. The second-order valence-corrected chi connectivity index (χ2v) is 6.62. The van der Waals surface area contributed by atoms with Crippen LogP contribution >= 0.6 is 0 Å². The minimum absolute atomic E-state index is 0.802. The van der Waals surface area contributed by atoms with E-state index in [0.717, 1.165) is 17.4 Å². The predicted octanol–water partition coefficient (Wildman–Crippen LogP) is 4.13. The summed E-state index contributed by atoms with van der Waals surface area (Å²) >= 11 is 0. The molecule has 0 aromatic heterocycles. The van der Waals surface area contributed by atoms with E-state index in [2.05, 4.69) is 19.2 Å². The van der Waals surface area contributed by atoms with Crippen LogP contribution in [0.4, 0.5) is 0 Å². The fraction of sp³-hybridized carbons (Fsp3) is 1.00. The van der Waals surface area contributed by atoms with Crippen molar-refractivity contribution in [1.82, 2.24) is 5.32 Å². The molecule has 0 unspecified atom stereocenters. The molecule has 0 amide bonds. The van der Waals surface area contributed by atoms with E-state index in [1.807, 2.05) is 0 Å². The third-order valence-corrected chi connectivity index (χ3v) is 4.87. The van der Waals surface area contributed by atoms with Gasteiger partial charge in [0.15, 0.2) is 0 Å². The lowest BCUT2D eigenvalue weighted by molar-refractivity contribution is 0.168. The van der Waals surface area contributed by atoms with Gasteiger partial charge in [-0.25, -0.2) is 0 Å². The standard InChI is InChI=1S/C15H29N/c1-13(2)7-12-16-14-5-10-15(11-6-14)8-3-4-9-15/h13-14,16H,3-12H2,1-2H3. The smallest absolute Gasteiger partial charge is 0.00674 e. The van der Waals surface area contributed by atoms with E-state index in [1.165, 1.54) is 64.3 Å². The molecule has 0 aromatic carbocycles. The minimum Gasteiger partial charge on any atom is -0.314 e. The fourth-order valence-electron chi connectivity index (χ4n) is 3.64. The Balaban J connectivity index is 1.65. The lowest BCUT2D eigenvalue weighted by Crippen LogP contribution is -2.37. The van der Waals surface area contributed by atoms with E-state index in [-0.39, 0.29) is 0 Å². The zero-order valence-electron chi connectivity index (χ0n) is 11.2. The first-order valence-electron chi connectivity index (χ1n) is 7.44. The van der Waals surface area contributed by atoms with Crippen molar-refractivity contribution in [2.24, 2.45) is 11.3 Å². The molecule has 0 radical (unpaired) electrons. The van der Waals surface area contributed by atoms with E-state index in [1.54, 1.807) is 0 Å². The van der Waals surface area contributed by atoms with Gasteiger partial charge >= 0.3 is 0 Å². The Morgan fingerprint density at radius 1 is 1.06 bits per heavy atom. The Hall–Kier alpha value is -0.0400. The molecule has 1 nitrogen and oxygen atoms in total. The Kier molecular flexibility index (Phi) is 4.29. The van der Waals surface area contributed by atoms with Gasteiger partial charge in [-0.15, -0.1) is 0 Å². The van der Waals surface area contributed by atoms with Gasteiger partial charge in [-0.05, 0) is 62.8 Å². The monoisotopic (exact) mass is 223 g/mol. The van der Waals surface area contributed by atoms with E-state index in [4.69, 9.17) is 0 Å². The molecule has 0 bridgehead atoms. The molecule has 1 N–H and O–H groups in total. The zero-order chi connectivity index (χ0) is 11.4. The van der Waals surface area contributed by atoms with Gasteiger partial charge in [0.1, 0.15) is 0 Å². The third kappa shape index (κ3) is 3.23. The van der Waals surface area contributed by atoms with Crippen molar-refractivity contribution in [1.29, 1.82) is 0 Å². The molecular weight excluding hydrogens is 194 g/mol. The SMILES string of the molecule is CC(C)CCNC1CCC2(CCCC2)CC1. The lowest BCUT2D eigenvalue weighted by atomic mass is 9.71. The third-order valence-electron chi connectivity index (χ3n) is 4.87. The highest BCUT2D eigenvalue weighted by Crippen LogP contribution is 2.48. The van der Waals surface area contributed by atoms with Crippen LogP contribution in [-0.4, -0.2) is 12.6 Å². The second-order valence-electron chi connectivity index (χ2n) is 6.62. The van der Waals surface area contributed by atoms with Crippen LogP contribution in [0.15, 0.2) is 0 Å². The van der Waals surface area contributed by atoms with Crippen molar-refractivity contribution in [3.8, 4) is 0 Å². The maximum atomic E-state index is 3.76.